The van der Waals surface area contributed by atoms with Gasteiger partial charge in [0.25, 0.3) is 0 Å². The number of ether oxygens (including phenoxy) is 2. The topological polar surface area (TPSA) is 48.7 Å². The minimum Gasteiger partial charge on any atom is -0.479 e. The van der Waals surface area contributed by atoms with E-state index in [0.29, 0.717) is 24.7 Å². The van der Waals surface area contributed by atoms with Crippen molar-refractivity contribution in [3.8, 4) is 5.75 Å². The molecular weight excluding hydrogens is 316 g/mol. The number of esters is 1. The number of furan rings is 1. The molecule has 0 bridgehead atoms. The van der Waals surface area contributed by atoms with E-state index >= 15 is 0 Å². The van der Waals surface area contributed by atoms with Gasteiger partial charge in [0.15, 0.2) is 6.10 Å². The third-order valence-corrected chi connectivity index (χ3v) is 4.76. The number of hydrogen-bond acceptors (Lipinski definition) is 4. The van der Waals surface area contributed by atoms with Gasteiger partial charge in [0.2, 0.25) is 0 Å². The molecule has 136 valence electrons. The van der Waals surface area contributed by atoms with E-state index in [1.165, 1.54) is 18.4 Å². The van der Waals surface area contributed by atoms with Crippen LogP contribution >= 0.6 is 0 Å². The van der Waals surface area contributed by atoms with Crippen molar-refractivity contribution in [3.63, 3.8) is 0 Å². The van der Waals surface area contributed by atoms with Crippen LogP contribution in [0, 0.1) is 5.92 Å². The molecule has 0 fully saturated rings. The summed E-state index contributed by atoms with van der Waals surface area (Å²) in [5.41, 5.74) is 2.22. The summed E-state index contributed by atoms with van der Waals surface area (Å²) in [5, 5.41) is 1.12. The van der Waals surface area contributed by atoms with Crippen molar-refractivity contribution < 1.29 is 18.7 Å². The van der Waals surface area contributed by atoms with Crippen molar-refractivity contribution in [2.24, 2.45) is 5.92 Å². The Kier molecular flexibility index (Phi) is 5.67. The molecule has 25 heavy (non-hydrogen) atoms. The molecule has 1 unspecified atom stereocenters. The molecule has 1 aromatic heterocycles. The molecule has 0 aliphatic heterocycles. The Hall–Kier alpha value is -1.97. The lowest BCUT2D eigenvalue weighted by Crippen LogP contribution is -2.29. The fraction of sp³-hybridized carbons (Fsp3) is 0.571. The van der Waals surface area contributed by atoms with Gasteiger partial charge in [-0.1, -0.05) is 13.8 Å². The fourth-order valence-electron chi connectivity index (χ4n) is 3.42. The number of benzene rings is 1. The zero-order valence-corrected chi connectivity index (χ0v) is 15.5. The molecule has 4 nitrogen and oxygen atoms in total. The highest BCUT2D eigenvalue weighted by molar-refractivity contribution is 5.84. The van der Waals surface area contributed by atoms with Gasteiger partial charge in [-0.3, -0.25) is 0 Å². The van der Waals surface area contributed by atoms with E-state index in [4.69, 9.17) is 13.9 Å². The molecule has 1 aliphatic rings. The molecule has 1 heterocycles. The largest absolute Gasteiger partial charge is 0.479 e. The maximum atomic E-state index is 12.2. The summed E-state index contributed by atoms with van der Waals surface area (Å²) < 4.78 is 17.2. The van der Waals surface area contributed by atoms with Crippen molar-refractivity contribution in [2.45, 2.75) is 65.4 Å². The SMILES string of the molecule is CCOC(=O)C(CCC(C)C)Oc1ccc2oc3c(c2c1)CCCC3. The lowest BCUT2D eigenvalue weighted by molar-refractivity contribution is -0.151. The maximum Gasteiger partial charge on any atom is 0.347 e. The number of fused-ring (bicyclic) bond motifs is 3. The first-order valence-electron chi connectivity index (χ1n) is 9.46. The molecule has 0 amide bonds. The predicted molar refractivity (Wildman–Crippen MR) is 98.0 cm³/mol. The first-order valence-corrected chi connectivity index (χ1v) is 9.46. The molecule has 0 spiro atoms. The van der Waals surface area contributed by atoms with Crippen LogP contribution in [0.5, 0.6) is 5.75 Å². The van der Waals surface area contributed by atoms with Gasteiger partial charge in [0.1, 0.15) is 17.1 Å². The minimum atomic E-state index is -0.553. The summed E-state index contributed by atoms with van der Waals surface area (Å²) >= 11 is 0. The van der Waals surface area contributed by atoms with Gasteiger partial charge < -0.3 is 13.9 Å². The third kappa shape index (κ3) is 4.17. The number of aryl methyl sites for hydroxylation is 2. The van der Waals surface area contributed by atoms with Gasteiger partial charge in [-0.05, 0) is 63.1 Å². The first-order chi connectivity index (χ1) is 12.1. The van der Waals surface area contributed by atoms with E-state index < -0.39 is 6.10 Å². The summed E-state index contributed by atoms with van der Waals surface area (Å²) in [7, 11) is 0. The quantitative estimate of drug-likeness (QED) is 0.659. The van der Waals surface area contributed by atoms with Gasteiger partial charge in [-0.2, -0.15) is 0 Å². The van der Waals surface area contributed by atoms with Crippen LogP contribution in [-0.4, -0.2) is 18.7 Å². The number of carbonyl (C=O) groups is 1. The number of carbonyl (C=O) groups excluding carboxylic acids is 1. The van der Waals surface area contributed by atoms with Crippen LogP contribution in [0.3, 0.4) is 0 Å². The molecule has 4 heteroatoms. The summed E-state index contributed by atoms with van der Waals surface area (Å²) in [5.74, 6) is 2.06. The van der Waals surface area contributed by atoms with Crippen LogP contribution in [0.1, 0.15) is 57.8 Å². The van der Waals surface area contributed by atoms with Crippen molar-refractivity contribution in [2.75, 3.05) is 6.61 Å². The van der Waals surface area contributed by atoms with E-state index in [-0.39, 0.29) is 5.97 Å². The summed E-state index contributed by atoms with van der Waals surface area (Å²) in [6.45, 7) is 6.48. The molecule has 0 N–H and O–H groups in total. The van der Waals surface area contributed by atoms with Crippen LogP contribution < -0.4 is 4.74 Å². The van der Waals surface area contributed by atoms with E-state index in [2.05, 4.69) is 13.8 Å². The van der Waals surface area contributed by atoms with E-state index in [0.717, 1.165) is 36.0 Å². The van der Waals surface area contributed by atoms with Crippen molar-refractivity contribution in [1.82, 2.24) is 0 Å². The predicted octanol–water partition coefficient (Wildman–Crippen LogP) is 5.06. The first kappa shape index (κ1) is 17.8. The Labute approximate surface area is 149 Å². The highest BCUT2D eigenvalue weighted by atomic mass is 16.6. The monoisotopic (exact) mass is 344 g/mol. The van der Waals surface area contributed by atoms with E-state index in [1.54, 1.807) is 0 Å². The number of hydrogen-bond donors (Lipinski definition) is 0. The van der Waals surface area contributed by atoms with Crippen LogP contribution in [-0.2, 0) is 22.4 Å². The Morgan fingerprint density at radius 3 is 2.76 bits per heavy atom. The molecule has 0 saturated heterocycles. The Morgan fingerprint density at radius 1 is 1.20 bits per heavy atom. The fourth-order valence-corrected chi connectivity index (χ4v) is 3.42. The van der Waals surface area contributed by atoms with Crippen LogP contribution in [0.15, 0.2) is 22.6 Å². The van der Waals surface area contributed by atoms with E-state index in [9.17, 15) is 4.79 Å². The number of rotatable bonds is 7. The summed E-state index contributed by atoms with van der Waals surface area (Å²) in [4.78, 5) is 12.2. The van der Waals surface area contributed by atoms with Crippen LogP contribution in [0.25, 0.3) is 11.0 Å². The molecule has 0 radical (unpaired) electrons. The zero-order chi connectivity index (χ0) is 17.8. The maximum absolute atomic E-state index is 12.2. The molecule has 1 atom stereocenters. The average Bonchev–Trinajstić information content (AvgIpc) is 2.96. The smallest absolute Gasteiger partial charge is 0.347 e. The van der Waals surface area contributed by atoms with Crippen LogP contribution in [0.4, 0.5) is 0 Å². The van der Waals surface area contributed by atoms with E-state index in [1.807, 2.05) is 25.1 Å². The molecule has 1 aliphatic carbocycles. The zero-order valence-electron chi connectivity index (χ0n) is 15.5. The highest BCUT2D eigenvalue weighted by Crippen LogP contribution is 2.34. The van der Waals surface area contributed by atoms with Crippen molar-refractivity contribution in [1.29, 1.82) is 0 Å². The second-order valence-electron chi connectivity index (χ2n) is 7.20. The van der Waals surface area contributed by atoms with Gasteiger partial charge >= 0.3 is 5.97 Å². The Balaban J connectivity index is 1.81. The van der Waals surface area contributed by atoms with Gasteiger partial charge in [0, 0.05) is 17.4 Å². The molecule has 2 aromatic rings. The summed E-state index contributed by atoms with van der Waals surface area (Å²) in [6, 6.07) is 5.86. The third-order valence-electron chi connectivity index (χ3n) is 4.76. The van der Waals surface area contributed by atoms with Crippen LogP contribution in [0.2, 0.25) is 0 Å². The molecule has 0 saturated carbocycles. The Morgan fingerprint density at radius 2 is 2.00 bits per heavy atom. The second-order valence-corrected chi connectivity index (χ2v) is 7.20. The van der Waals surface area contributed by atoms with Crippen molar-refractivity contribution >= 4 is 16.9 Å². The normalized spacial score (nSPS) is 15.2. The molecular formula is C21H28O4. The average molecular weight is 344 g/mol. The molecule has 3 rings (SSSR count). The van der Waals surface area contributed by atoms with Gasteiger partial charge in [-0.15, -0.1) is 0 Å². The Bertz CT molecular complexity index is 729. The summed E-state index contributed by atoms with van der Waals surface area (Å²) in [6.07, 6.45) is 5.50. The molecule has 1 aromatic carbocycles. The minimum absolute atomic E-state index is 0.280. The standard InChI is InChI=1S/C21H28O4/c1-4-23-21(22)20(11-9-14(2)3)24-15-10-12-19-17(13-15)16-7-5-6-8-18(16)25-19/h10,12-14,20H,4-9,11H2,1-3H3. The lowest BCUT2D eigenvalue weighted by Gasteiger charge is -2.18. The second kappa shape index (κ2) is 7.94. The highest BCUT2D eigenvalue weighted by Gasteiger charge is 2.23. The van der Waals surface area contributed by atoms with Gasteiger partial charge in [-0.25, -0.2) is 4.79 Å². The van der Waals surface area contributed by atoms with Gasteiger partial charge in [0.05, 0.1) is 6.61 Å². The van der Waals surface area contributed by atoms with Crippen molar-refractivity contribution in [3.05, 3.63) is 29.5 Å². The lowest BCUT2D eigenvalue weighted by atomic mass is 9.96.